The lowest BCUT2D eigenvalue weighted by atomic mass is 9.95. The Balaban J connectivity index is 0.00000242. The molecule has 1 heterocycles. The maximum Gasteiger partial charge on any atom is 0.236 e. The quantitative estimate of drug-likeness (QED) is 0.921. The number of halogens is 1. The van der Waals surface area contributed by atoms with E-state index in [4.69, 9.17) is 5.73 Å². The van der Waals surface area contributed by atoms with Crippen LogP contribution in [0.4, 0.5) is 0 Å². The molecule has 1 saturated heterocycles. The van der Waals surface area contributed by atoms with Crippen molar-refractivity contribution in [1.29, 1.82) is 0 Å². The molecule has 0 aliphatic carbocycles. The number of benzene rings is 1. The van der Waals surface area contributed by atoms with Crippen molar-refractivity contribution < 1.29 is 4.79 Å². The number of piperidine rings is 1. The standard InChI is InChI=1S/C17H27N3O.ClH/c1-13-6-4-5-7-15(13)11-19(3)17(21)12-20-9-8-16(18)14(2)10-20;/h4-7,14,16H,8-12,18H2,1-3H3;1H. The Morgan fingerprint density at radius 2 is 2.09 bits per heavy atom. The zero-order valence-corrected chi connectivity index (χ0v) is 14.6. The number of likely N-dealkylation sites (N-methyl/N-ethyl adjacent to an activating group) is 1. The minimum atomic E-state index is 0. The van der Waals surface area contributed by atoms with Gasteiger partial charge >= 0.3 is 0 Å². The molecule has 0 bridgehead atoms. The van der Waals surface area contributed by atoms with Crippen molar-refractivity contribution in [2.24, 2.45) is 11.7 Å². The summed E-state index contributed by atoms with van der Waals surface area (Å²) in [7, 11) is 1.88. The summed E-state index contributed by atoms with van der Waals surface area (Å²) in [6, 6.07) is 8.50. The van der Waals surface area contributed by atoms with Gasteiger partial charge in [-0.05, 0) is 30.4 Å². The molecule has 0 aromatic heterocycles. The van der Waals surface area contributed by atoms with Crippen LogP contribution in [0.25, 0.3) is 0 Å². The van der Waals surface area contributed by atoms with E-state index in [1.807, 2.05) is 24.1 Å². The molecule has 1 aromatic rings. The van der Waals surface area contributed by atoms with Gasteiger partial charge in [-0.1, -0.05) is 31.2 Å². The number of nitrogens with zero attached hydrogens (tertiary/aromatic N) is 2. The van der Waals surface area contributed by atoms with Crippen LogP contribution in [0.5, 0.6) is 0 Å². The molecule has 5 heteroatoms. The van der Waals surface area contributed by atoms with Gasteiger partial charge in [0, 0.05) is 32.7 Å². The molecule has 124 valence electrons. The second-order valence-electron chi connectivity index (χ2n) is 6.34. The van der Waals surface area contributed by atoms with Gasteiger partial charge < -0.3 is 10.6 Å². The van der Waals surface area contributed by atoms with Crippen LogP contribution >= 0.6 is 12.4 Å². The third-order valence-corrected chi connectivity index (χ3v) is 4.51. The fourth-order valence-corrected chi connectivity index (χ4v) is 2.84. The first kappa shape index (κ1) is 18.9. The number of nitrogens with two attached hydrogens (primary N) is 1. The third-order valence-electron chi connectivity index (χ3n) is 4.51. The first-order valence-corrected chi connectivity index (χ1v) is 7.73. The summed E-state index contributed by atoms with van der Waals surface area (Å²) in [5.74, 6) is 0.647. The molecule has 2 N–H and O–H groups in total. The molecule has 0 radical (unpaired) electrons. The van der Waals surface area contributed by atoms with Crippen molar-refractivity contribution >= 4 is 18.3 Å². The molecule has 1 aliphatic rings. The smallest absolute Gasteiger partial charge is 0.236 e. The second kappa shape index (κ2) is 8.51. The van der Waals surface area contributed by atoms with Gasteiger partial charge in [0.15, 0.2) is 0 Å². The Kier molecular flexibility index (Phi) is 7.33. The second-order valence-corrected chi connectivity index (χ2v) is 6.34. The van der Waals surface area contributed by atoms with Gasteiger partial charge in [0.05, 0.1) is 6.54 Å². The molecule has 1 amide bonds. The SMILES string of the molecule is Cc1ccccc1CN(C)C(=O)CN1CCC(N)C(C)C1.Cl. The van der Waals surface area contributed by atoms with Gasteiger partial charge in [0.25, 0.3) is 0 Å². The summed E-state index contributed by atoms with van der Waals surface area (Å²) < 4.78 is 0. The Morgan fingerprint density at radius 1 is 1.41 bits per heavy atom. The summed E-state index contributed by atoms with van der Waals surface area (Å²) in [6.07, 6.45) is 0.982. The first-order valence-electron chi connectivity index (χ1n) is 7.73. The van der Waals surface area contributed by atoms with Crippen LogP contribution in [-0.2, 0) is 11.3 Å². The predicted octanol–water partition coefficient (Wildman–Crippen LogP) is 2.04. The molecular weight excluding hydrogens is 298 g/mol. The van der Waals surface area contributed by atoms with E-state index in [2.05, 4.69) is 30.9 Å². The van der Waals surface area contributed by atoms with E-state index in [9.17, 15) is 4.79 Å². The van der Waals surface area contributed by atoms with E-state index in [0.717, 1.165) is 19.5 Å². The minimum Gasteiger partial charge on any atom is -0.340 e. The molecule has 22 heavy (non-hydrogen) atoms. The molecule has 1 aromatic carbocycles. The van der Waals surface area contributed by atoms with Crippen molar-refractivity contribution in [1.82, 2.24) is 9.80 Å². The lowest BCUT2D eigenvalue weighted by Gasteiger charge is -2.35. The Labute approximate surface area is 140 Å². The number of hydrogen-bond acceptors (Lipinski definition) is 3. The molecular formula is C17H28ClN3O. The maximum atomic E-state index is 12.4. The average molecular weight is 326 g/mol. The van der Waals surface area contributed by atoms with Gasteiger partial charge in [-0.3, -0.25) is 9.69 Å². The number of aryl methyl sites for hydroxylation is 1. The summed E-state index contributed by atoms with van der Waals surface area (Å²) >= 11 is 0. The number of amides is 1. The number of likely N-dealkylation sites (tertiary alicyclic amines) is 1. The van der Waals surface area contributed by atoms with E-state index >= 15 is 0 Å². The topological polar surface area (TPSA) is 49.6 Å². The molecule has 2 rings (SSSR count). The molecule has 4 nitrogen and oxygen atoms in total. The Bertz CT molecular complexity index is 495. The van der Waals surface area contributed by atoms with Crippen molar-refractivity contribution in [3.63, 3.8) is 0 Å². The number of carbonyl (C=O) groups excluding carboxylic acids is 1. The van der Waals surface area contributed by atoms with Crippen LogP contribution < -0.4 is 5.73 Å². The normalized spacial score (nSPS) is 22.0. The van der Waals surface area contributed by atoms with Crippen LogP contribution in [0.2, 0.25) is 0 Å². The highest BCUT2D eigenvalue weighted by Crippen LogP contribution is 2.15. The van der Waals surface area contributed by atoms with Crippen molar-refractivity contribution in [3.05, 3.63) is 35.4 Å². The van der Waals surface area contributed by atoms with Crippen LogP contribution in [0.15, 0.2) is 24.3 Å². The van der Waals surface area contributed by atoms with E-state index < -0.39 is 0 Å². The fraction of sp³-hybridized carbons (Fsp3) is 0.588. The van der Waals surface area contributed by atoms with Crippen LogP contribution in [0.1, 0.15) is 24.5 Å². The van der Waals surface area contributed by atoms with Gasteiger partial charge in [0.2, 0.25) is 5.91 Å². The van der Waals surface area contributed by atoms with E-state index in [1.165, 1.54) is 11.1 Å². The summed E-state index contributed by atoms with van der Waals surface area (Å²) in [5, 5.41) is 0. The van der Waals surface area contributed by atoms with Crippen molar-refractivity contribution in [2.45, 2.75) is 32.9 Å². The molecule has 0 spiro atoms. The monoisotopic (exact) mass is 325 g/mol. The highest BCUT2D eigenvalue weighted by molar-refractivity contribution is 5.85. The maximum absolute atomic E-state index is 12.4. The summed E-state index contributed by atoms with van der Waals surface area (Å²) in [5.41, 5.74) is 8.47. The lowest BCUT2D eigenvalue weighted by molar-refractivity contribution is -0.132. The average Bonchev–Trinajstić information content (AvgIpc) is 2.45. The molecule has 1 aliphatic heterocycles. The minimum absolute atomic E-state index is 0. The van der Waals surface area contributed by atoms with Gasteiger partial charge in [-0.15, -0.1) is 12.4 Å². The summed E-state index contributed by atoms with van der Waals surface area (Å²) in [6.45, 7) is 7.27. The van der Waals surface area contributed by atoms with E-state index in [0.29, 0.717) is 19.0 Å². The largest absolute Gasteiger partial charge is 0.340 e. The van der Waals surface area contributed by atoms with Crippen molar-refractivity contribution in [2.75, 3.05) is 26.7 Å². The Morgan fingerprint density at radius 3 is 2.73 bits per heavy atom. The van der Waals surface area contributed by atoms with Gasteiger partial charge in [-0.2, -0.15) is 0 Å². The summed E-state index contributed by atoms with van der Waals surface area (Å²) in [4.78, 5) is 16.4. The number of rotatable bonds is 4. The molecule has 0 saturated carbocycles. The van der Waals surface area contributed by atoms with Crippen molar-refractivity contribution in [3.8, 4) is 0 Å². The molecule has 2 atom stereocenters. The zero-order chi connectivity index (χ0) is 15.4. The highest BCUT2D eigenvalue weighted by Gasteiger charge is 2.25. The highest BCUT2D eigenvalue weighted by atomic mass is 35.5. The van der Waals surface area contributed by atoms with Gasteiger partial charge in [0.1, 0.15) is 0 Å². The zero-order valence-electron chi connectivity index (χ0n) is 13.8. The van der Waals surface area contributed by atoms with E-state index in [-0.39, 0.29) is 24.4 Å². The van der Waals surface area contributed by atoms with Crippen LogP contribution in [-0.4, -0.2) is 48.4 Å². The van der Waals surface area contributed by atoms with Gasteiger partial charge in [-0.25, -0.2) is 0 Å². The Hall–Kier alpha value is -1.10. The lowest BCUT2D eigenvalue weighted by Crippen LogP contribution is -2.49. The fourth-order valence-electron chi connectivity index (χ4n) is 2.84. The third kappa shape index (κ3) is 4.97. The molecule has 1 fully saturated rings. The number of carbonyl (C=O) groups is 1. The predicted molar refractivity (Wildman–Crippen MR) is 93.1 cm³/mol. The van der Waals surface area contributed by atoms with Crippen LogP contribution in [0, 0.1) is 12.8 Å². The first-order chi connectivity index (χ1) is 9.97. The van der Waals surface area contributed by atoms with Crippen LogP contribution in [0.3, 0.4) is 0 Å². The molecule has 2 unspecified atom stereocenters. The number of hydrogen-bond donors (Lipinski definition) is 1. The van der Waals surface area contributed by atoms with E-state index in [1.54, 1.807) is 0 Å².